The summed E-state index contributed by atoms with van der Waals surface area (Å²) in [4.78, 5) is 29.8. The number of hydrogen-bond donors (Lipinski definition) is 2. The largest absolute Gasteiger partial charge is 0.352 e. The van der Waals surface area contributed by atoms with Crippen molar-refractivity contribution in [2.24, 2.45) is 0 Å². The smallest absolute Gasteiger partial charge is 0.252 e. The van der Waals surface area contributed by atoms with E-state index in [-0.39, 0.29) is 18.4 Å². The van der Waals surface area contributed by atoms with E-state index in [0.29, 0.717) is 40.7 Å². The minimum absolute atomic E-state index is 0.119. The van der Waals surface area contributed by atoms with Crippen molar-refractivity contribution in [1.29, 1.82) is 0 Å². The fraction of sp³-hybridized carbons (Fsp3) is 0.160. The van der Waals surface area contributed by atoms with Crippen molar-refractivity contribution in [2.45, 2.75) is 19.4 Å². The molecule has 0 spiro atoms. The van der Waals surface area contributed by atoms with Crippen LogP contribution in [0.4, 0.5) is 5.69 Å². The van der Waals surface area contributed by atoms with Gasteiger partial charge in [0.15, 0.2) is 0 Å². The van der Waals surface area contributed by atoms with Crippen LogP contribution in [0.15, 0.2) is 72.8 Å². The number of fused-ring (bicyclic) bond motifs is 1. The SMILES string of the molecule is O=C(Cn1c(CCCNC(=O)c2ccccc2Cl)nc2ccccc21)Nc1cccc(Cl)c1. The van der Waals surface area contributed by atoms with E-state index >= 15 is 0 Å². The summed E-state index contributed by atoms with van der Waals surface area (Å²) in [5.41, 5.74) is 2.79. The lowest BCUT2D eigenvalue weighted by atomic mass is 10.2. The number of amides is 2. The number of carbonyl (C=O) groups is 2. The number of nitrogens with zero attached hydrogens (tertiary/aromatic N) is 2. The second-order valence-corrected chi connectivity index (χ2v) is 8.34. The van der Waals surface area contributed by atoms with Crippen molar-refractivity contribution < 1.29 is 9.59 Å². The van der Waals surface area contributed by atoms with Crippen LogP contribution in [0.5, 0.6) is 0 Å². The van der Waals surface area contributed by atoms with E-state index in [1.54, 1.807) is 48.5 Å². The second-order valence-electron chi connectivity index (χ2n) is 7.50. The van der Waals surface area contributed by atoms with Crippen LogP contribution in [0.2, 0.25) is 10.0 Å². The van der Waals surface area contributed by atoms with Gasteiger partial charge in [0.25, 0.3) is 5.91 Å². The highest BCUT2D eigenvalue weighted by Crippen LogP contribution is 2.19. The van der Waals surface area contributed by atoms with E-state index in [1.165, 1.54) is 0 Å². The Morgan fingerprint density at radius 3 is 2.55 bits per heavy atom. The lowest BCUT2D eigenvalue weighted by Crippen LogP contribution is -2.25. The molecule has 6 nitrogen and oxygen atoms in total. The molecule has 0 aliphatic rings. The van der Waals surface area contributed by atoms with Crippen molar-refractivity contribution in [2.75, 3.05) is 11.9 Å². The number of hydrogen-bond acceptors (Lipinski definition) is 3. The summed E-state index contributed by atoms with van der Waals surface area (Å²) in [6.07, 6.45) is 1.26. The quantitative estimate of drug-likeness (QED) is 0.334. The molecule has 168 valence electrons. The first kappa shape index (κ1) is 22.8. The van der Waals surface area contributed by atoms with Crippen LogP contribution in [-0.4, -0.2) is 27.9 Å². The molecule has 0 saturated heterocycles. The zero-order valence-corrected chi connectivity index (χ0v) is 19.2. The first-order valence-electron chi connectivity index (χ1n) is 10.5. The molecule has 1 heterocycles. The lowest BCUT2D eigenvalue weighted by molar-refractivity contribution is -0.116. The Labute approximate surface area is 201 Å². The van der Waals surface area contributed by atoms with Crippen LogP contribution in [0.25, 0.3) is 11.0 Å². The Morgan fingerprint density at radius 2 is 1.73 bits per heavy atom. The minimum atomic E-state index is -0.213. The van der Waals surface area contributed by atoms with E-state index in [2.05, 4.69) is 10.6 Å². The van der Waals surface area contributed by atoms with Gasteiger partial charge in [0.1, 0.15) is 12.4 Å². The van der Waals surface area contributed by atoms with Crippen molar-refractivity contribution in [3.05, 3.63) is 94.2 Å². The predicted octanol–water partition coefficient (Wildman–Crippen LogP) is 5.34. The van der Waals surface area contributed by atoms with Gasteiger partial charge in [0, 0.05) is 23.7 Å². The third kappa shape index (κ3) is 5.72. The Kier molecular flexibility index (Phi) is 7.27. The molecule has 2 N–H and O–H groups in total. The average Bonchev–Trinajstić information content (AvgIpc) is 3.14. The number of aromatic nitrogens is 2. The molecule has 3 aromatic carbocycles. The molecule has 2 amide bonds. The summed E-state index contributed by atoms with van der Waals surface area (Å²) in [5.74, 6) is 0.396. The standard InChI is InChI=1S/C25H22Cl2N4O2/c26-17-7-5-8-18(15-17)29-24(32)16-31-22-12-4-3-11-21(22)30-23(31)13-6-14-28-25(33)19-9-1-2-10-20(19)27/h1-5,7-12,15H,6,13-14,16H2,(H,28,33)(H,29,32). The summed E-state index contributed by atoms with van der Waals surface area (Å²) in [5, 5.41) is 6.74. The van der Waals surface area contributed by atoms with Crippen LogP contribution >= 0.6 is 23.2 Å². The van der Waals surface area contributed by atoms with Gasteiger partial charge in [-0.3, -0.25) is 9.59 Å². The number of nitrogens with one attached hydrogen (secondary N) is 2. The number of anilines is 1. The molecule has 0 unspecified atom stereocenters. The summed E-state index contributed by atoms with van der Waals surface area (Å²) in [7, 11) is 0. The molecule has 0 fully saturated rings. The highest BCUT2D eigenvalue weighted by Gasteiger charge is 2.14. The van der Waals surface area contributed by atoms with Crippen molar-refractivity contribution in [3.8, 4) is 0 Å². The van der Waals surface area contributed by atoms with E-state index in [4.69, 9.17) is 28.2 Å². The topological polar surface area (TPSA) is 76.0 Å². The van der Waals surface area contributed by atoms with Gasteiger partial charge in [-0.2, -0.15) is 0 Å². The Balaban J connectivity index is 1.42. The maximum atomic E-state index is 12.7. The molecule has 0 bridgehead atoms. The predicted molar refractivity (Wildman–Crippen MR) is 132 cm³/mol. The van der Waals surface area contributed by atoms with Gasteiger partial charge in [-0.25, -0.2) is 4.98 Å². The number of benzene rings is 3. The zero-order chi connectivity index (χ0) is 23.2. The zero-order valence-electron chi connectivity index (χ0n) is 17.7. The molecular weight excluding hydrogens is 459 g/mol. The number of carbonyl (C=O) groups excluding carboxylic acids is 2. The maximum absolute atomic E-state index is 12.7. The summed E-state index contributed by atoms with van der Waals surface area (Å²) in [6, 6.07) is 21.7. The molecule has 8 heteroatoms. The summed E-state index contributed by atoms with van der Waals surface area (Å²) in [6.45, 7) is 0.580. The van der Waals surface area contributed by atoms with Gasteiger partial charge in [-0.05, 0) is 48.9 Å². The van der Waals surface area contributed by atoms with Gasteiger partial charge < -0.3 is 15.2 Å². The fourth-order valence-corrected chi connectivity index (χ4v) is 4.00. The van der Waals surface area contributed by atoms with Gasteiger partial charge in [0.05, 0.1) is 21.6 Å². The van der Waals surface area contributed by atoms with Gasteiger partial charge in [-0.1, -0.05) is 53.5 Å². The fourth-order valence-electron chi connectivity index (χ4n) is 3.59. The monoisotopic (exact) mass is 480 g/mol. The van der Waals surface area contributed by atoms with Crippen LogP contribution in [0.3, 0.4) is 0 Å². The number of para-hydroxylation sites is 2. The van der Waals surface area contributed by atoms with E-state index in [9.17, 15) is 9.59 Å². The van der Waals surface area contributed by atoms with E-state index in [0.717, 1.165) is 16.9 Å². The molecule has 4 aromatic rings. The Bertz CT molecular complexity index is 1300. The first-order chi connectivity index (χ1) is 16.0. The Hall–Kier alpha value is -3.35. The third-order valence-electron chi connectivity index (χ3n) is 5.12. The Morgan fingerprint density at radius 1 is 0.939 bits per heavy atom. The molecule has 0 aliphatic heterocycles. The number of aryl methyl sites for hydroxylation is 1. The molecule has 0 saturated carbocycles. The number of rotatable bonds is 8. The van der Waals surface area contributed by atoms with Gasteiger partial charge in [0.2, 0.25) is 5.91 Å². The first-order valence-corrected chi connectivity index (χ1v) is 11.3. The van der Waals surface area contributed by atoms with Crippen LogP contribution in [0.1, 0.15) is 22.6 Å². The lowest BCUT2D eigenvalue weighted by Gasteiger charge is -2.11. The van der Waals surface area contributed by atoms with Crippen molar-refractivity contribution in [3.63, 3.8) is 0 Å². The van der Waals surface area contributed by atoms with Crippen molar-refractivity contribution >= 4 is 51.7 Å². The van der Waals surface area contributed by atoms with Crippen LogP contribution in [0, 0.1) is 0 Å². The highest BCUT2D eigenvalue weighted by atomic mass is 35.5. The summed E-state index contributed by atoms with van der Waals surface area (Å²) >= 11 is 12.1. The highest BCUT2D eigenvalue weighted by molar-refractivity contribution is 6.33. The van der Waals surface area contributed by atoms with Crippen molar-refractivity contribution in [1.82, 2.24) is 14.9 Å². The number of halogens is 2. The molecule has 4 rings (SSSR count). The maximum Gasteiger partial charge on any atom is 0.252 e. The van der Waals surface area contributed by atoms with Crippen LogP contribution in [-0.2, 0) is 17.8 Å². The summed E-state index contributed by atoms with van der Waals surface area (Å²) < 4.78 is 1.91. The van der Waals surface area contributed by atoms with Gasteiger partial charge in [-0.15, -0.1) is 0 Å². The van der Waals surface area contributed by atoms with Crippen LogP contribution < -0.4 is 10.6 Å². The van der Waals surface area contributed by atoms with Gasteiger partial charge >= 0.3 is 0 Å². The molecule has 0 atom stereocenters. The average molecular weight is 481 g/mol. The molecule has 33 heavy (non-hydrogen) atoms. The molecule has 0 aliphatic carbocycles. The van der Waals surface area contributed by atoms with E-state index < -0.39 is 0 Å². The minimum Gasteiger partial charge on any atom is -0.352 e. The normalized spacial score (nSPS) is 10.8. The third-order valence-corrected chi connectivity index (χ3v) is 5.69. The molecular formula is C25H22Cl2N4O2. The second kappa shape index (κ2) is 10.5. The molecule has 0 radical (unpaired) electrons. The van der Waals surface area contributed by atoms with E-state index in [1.807, 2.05) is 28.8 Å². The molecule has 1 aromatic heterocycles. The number of imidazole rings is 1.